The van der Waals surface area contributed by atoms with Gasteiger partial charge in [0.25, 0.3) is 0 Å². The fourth-order valence-corrected chi connectivity index (χ4v) is 2.31. The summed E-state index contributed by atoms with van der Waals surface area (Å²) in [7, 11) is 1.55. The molecule has 0 saturated carbocycles. The molecule has 0 fully saturated rings. The first-order valence-electron chi connectivity index (χ1n) is 6.56. The number of hydrogen-bond acceptors (Lipinski definition) is 3. The topological polar surface area (TPSA) is 59.4 Å². The van der Waals surface area contributed by atoms with E-state index in [1.54, 1.807) is 31.4 Å². The van der Waals surface area contributed by atoms with Gasteiger partial charge in [0.1, 0.15) is 11.6 Å². The summed E-state index contributed by atoms with van der Waals surface area (Å²) in [5, 5.41) is 9.78. The number of carboxylic acid groups (broad SMARTS) is 1. The molecule has 0 aliphatic carbocycles. The number of methoxy groups -OCH3 is 1. The second kappa shape index (κ2) is 5.44. The van der Waals surface area contributed by atoms with Crippen LogP contribution in [0.5, 0.6) is 5.75 Å². The first kappa shape index (κ1) is 14.0. The van der Waals surface area contributed by atoms with E-state index in [0.29, 0.717) is 27.9 Å². The molecule has 3 aromatic rings. The van der Waals surface area contributed by atoms with Crippen molar-refractivity contribution in [3.05, 3.63) is 59.9 Å². The minimum Gasteiger partial charge on any atom is -0.497 e. The van der Waals surface area contributed by atoms with E-state index in [2.05, 4.69) is 4.98 Å². The zero-order valence-corrected chi connectivity index (χ0v) is 11.7. The maximum Gasteiger partial charge on any atom is 0.336 e. The Morgan fingerprint density at radius 3 is 2.73 bits per heavy atom. The first-order chi connectivity index (χ1) is 10.6. The number of carboxylic acids is 1. The Morgan fingerprint density at radius 2 is 2.00 bits per heavy atom. The second-order valence-electron chi connectivity index (χ2n) is 4.75. The Kier molecular flexibility index (Phi) is 3.47. The molecule has 0 aliphatic heterocycles. The highest BCUT2D eigenvalue weighted by molar-refractivity contribution is 6.03. The van der Waals surface area contributed by atoms with Gasteiger partial charge in [0.2, 0.25) is 0 Å². The van der Waals surface area contributed by atoms with Crippen molar-refractivity contribution in [2.45, 2.75) is 0 Å². The molecule has 5 heteroatoms. The largest absolute Gasteiger partial charge is 0.497 e. The number of aromatic nitrogens is 1. The maximum absolute atomic E-state index is 13.4. The zero-order chi connectivity index (χ0) is 15.7. The number of hydrogen-bond donors (Lipinski definition) is 1. The summed E-state index contributed by atoms with van der Waals surface area (Å²) in [6.07, 6.45) is 0. The number of nitrogens with zero attached hydrogens (tertiary/aromatic N) is 1. The van der Waals surface area contributed by atoms with Crippen molar-refractivity contribution >= 4 is 16.9 Å². The number of halogens is 1. The van der Waals surface area contributed by atoms with Gasteiger partial charge in [-0.3, -0.25) is 0 Å². The summed E-state index contributed by atoms with van der Waals surface area (Å²) >= 11 is 0. The lowest BCUT2D eigenvalue weighted by Gasteiger charge is -2.08. The first-order valence-corrected chi connectivity index (χ1v) is 6.56. The molecule has 0 amide bonds. The molecule has 0 spiro atoms. The number of fused-ring (bicyclic) bond motifs is 1. The van der Waals surface area contributed by atoms with Crippen LogP contribution in [0.1, 0.15) is 10.4 Å². The Balaban J connectivity index is 2.27. The fourth-order valence-electron chi connectivity index (χ4n) is 2.31. The minimum atomic E-state index is -1.08. The Hall–Kier alpha value is -2.95. The standard InChI is InChI=1S/C17H12FNO3/c1-22-12-4-2-3-10(7-12)15-9-14(17(20)21)13-6-5-11(18)8-16(13)19-15/h2-9H,1H3,(H,20,21). The smallest absolute Gasteiger partial charge is 0.336 e. The van der Waals surface area contributed by atoms with Crippen molar-refractivity contribution in [3.8, 4) is 17.0 Å². The lowest BCUT2D eigenvalue weighted by molar-refractivity contribution is 0.0699. The number of aromatic carboxylic acids is 1. The van der Waals surface area contributed by atoms with Crippen molar-refractivity contribution in [1.82, 2.24) is 4.98 Å². The van der Waals surface area contributed by atoms with Crippen LogP contribution in [0.4, 0.5) is 4.39 Å². The summed E-state index contributed by atoms with van der Waals surface area (Å²) in [6.45, 7) is 0. The highest BCUT2D eigenvalue weighted by atomic mass is 19.1. The summed E-state index contributed by atoms with van der Waals surface area (Å²) in [5.41, 5.74) is 1.54. The molecule has 1 heterocycles. The van der Waals surface area contributed by atoms with Crippen LogP contribution in [0.15, 0.2) is 48.5 Å². The van der Waals surface area contributed by atoms with E-state index >= 15 is 0 Å². The van der Waals surface area contributed by atoms with E-state index in [1.807, 2.05) is 0 Å². The van der Waals surface area contributed by atoms with Gasteiger partial charge in [0.15, 0.2) is 0 Å². The van der Waals surface area contributed by atoms with Crippen molar-refractivity contribution in [2.75, 3.05) is 7.11 Å². The predicted molar refractivity (Wildman–Crippen MR) is 80.6 cm³/mol. The summed E-state index contributed by atoms with van der Waals surface area (Å²) < 4.78 is 18.6. The molecule has 1 N–H and O–H groups in total. The van der Waals surface area contributed by atoms with Crippen LogP contribution in [0, 0.1) is 5.82 Å². The van der Waals surface area contributed by atoms with Crippen LogP contribution in [-0.2, 0) is 0 Å². The average molecular weight is 297 g/mol. The van der Waals surface area contributed by atoms with Crippen LogP contribution < -0.4 is 4.74 Å². The molecule has 22 heavy (non-hydrogen) atoms. The SMILES string of the molecule is COc1cccc(-c2cc(C(=O)O)c3ccc(F)cc3n2)c1. The maximum atomic E-state index is 13.4. The van der Waals surface area contributed by atoms with Crippen molar-refractivity contribution in [2.24, 2.45) is 0 Å². The molecule has 0 saturated heterocycles. The summed E-state index contributed by atoms with van der Waals surface area (Å²) in [4.78, 5) is 15.8. The summed E-state index contributed by atoms with van der Waals surface area (Å²) in [6, 6.07) is 12.5. The molecular formula is C17H12FNO3. The molecule has 0 radical (unpaired) electrons. The van der Waals surface area contributed by atoms with Gasteiger partial charge in [-0.2, -0.15) is 0 Å². The van der Waals surface area contributed by atoms with Gasteiger partial charge in [0.05, 0.1) is 23.9 Å². The van der Waals surface area contributed by atoms with E-state index in [9.17, 15) is 14.3 Å². The lowest BCUT2D eigenvalue weighted by atomic mass is 10.0. The molecule has 1 aromatic heterocycles. The number of benzene rings is 2. The molecule has 3 rings (SSSR count). The highest BCUT2D eigenvalue weighted by Crippen LogP contribution is 2.27. The minimum absolute atomic E-state index is 0.0859. The number of ether oxygens (including phenoxy) is 1. The molecule has 4 nitrogen and oxygen atoms in total. The van der Waals surface area contributed by atoms with Gasteiger partial charge >= 0.3 is 5.97 Å². The van der Waals surface area contributed by atoms with Crippen LogP contribution in [0.25, 0.3) is 22.2 Å². The Labute approximate surface area is 125 Å². The monoisotopic (exact) mass is 297 g/mol. The predicted octanol–water partition coefficient (Wildman–Crippen LogP) is 3.75. The van der Waals surface area contributed by atoms with Crippen molar-refractivity contribution in [3.63, 3.8) is 0 Å². The van der Waals surface area contributed by atoms with Crippen LogP contribution in [0.2, 0.25) is 0 Å². The third-order valence-corrected chi connectivity index (χ3v) is 3.37. The van der Waals surface area contributed by atoms with Gasteiger partial charge < -0.3 is 9.84 Å². The van der Waals surface area contributed by atoms with Gasteiger partial charge in [-0.1, -0.05) is 12.1 Å². The van der Waals surface area contributed by atoms with Crippen LogP contribution >= 0.6 is 0 Å². The zero-order valence-electron chi connectivity index (χ0n) is 11.7. The summed E-state index contributed by atoms with van der Waals surface area (Å²) in [5.74, 6) is -0.905. The second-order valence-corrected chi connectivity index (χ2v) is 4.75. The normalized spacial score (nSPS) is 10.6. The van der Waals surface area contributed by atoms with Gasteiger partial charge in [-0.25, -0.2) is 14.2 Å². The van der Waals surface area contributed by atoms with E-state index in [0.717, 1.165) is 0 Å². The van der Waals surface area contributed by atoms with Crippen molar-refractivity contribution < 1.29 is 19.0 Å². The molecule has 0 atom stereocenters. The average Bonchev–Trinajstić information content (AvgIpc) is 2.53. The number of pyridine rings is 1. The third kappa shape index (κ3) is 2.48. The Morgan fingerprint density at radius 1 is 1.18 bits per heavy atom. The molecule has 0 unspecified atom stereocenters. The van der Waals surface area contributed by atoms with Gasteiger partial charge in [0, 0.05) is 17.0 Å². The quantitative estimate of drug-likeness (QED) is 0.800. The molecule has 0 aliphatic rings. The molecule has 110 valence electrons. The van der Waals surface area contributed by atoms with E-state index < -0.39 is 11.8 Å². The molecular weight excluding hydrogens is 285 g/mol. The van der Waals surface area contributed by atoms with Crippen molar-refractivity contribution in [1.29, 1.82) is 0 Å². The molecule has 0 bridgehead atoms. The van der Waals surface area contributed by atoms with E-state index in [4.69, 9.17) is 4.74 Å². The van der Waals surface area contributed by atoms with Crippen LogP contribution in [-0.4, -0.2) is 23.2 Å². The van der Waals surface area contributed by atoms with Crippen LogP contribution in [0.3, 0.4) is 0 Å². The van der Waals surface area contributed by atoms with Gasteiger partial charge in [-0.05, 0) is 30.3 Å². The van der Waals surface area contributed by atoms with E-state index in [-0.39, 0.29) is 5.56 Å². The van der Waals surface area contributed by atoms with Gasteiger partial charge in [-0.15, -0.1) is 0 Å². The number of carbonyl (C=O) groups is 1. The highest BCUT2D eigenvalue weighted by Gasteiger charge is 2.13. The Bertz CT molecular complexity index is 877. The van der Waals surface area contributed by atoms with E-state index in [1.165, 1.54) is 24.3 Å². The fraction of sp³-hybridized carbons (Fsp3) is 0.0588. The third-order valence-electron chi connectivity index (χ3n) is 3.37. The lowest BCUT2D eigenvalue weighted by Crippen LogP contribution is -2.00. The molecule has 2 aromatic carbocycles. The number of rotatable bonds is 3.